The Balaban J connectivity index is 1.53. The van der Waals surface area contributed by atoms with Crippen molar-refractivity contribution in [1.82, 2.24) is 9.97 Å². The molecule has 1 spiro atoms. The fraction of sp³-hybridized carbons (Fsp3) is 0.324. The number of ether oxygens (including phenoxy) is 3. The zero-order chi connectivity index (χ0) is 29.0. The number of morpholine rings is 1. The van der Waals surface area contributed by atoms with E-state index in [-0.39, 0.29) is 18.2 Å². The highest BCUT2D eigenvalue weighted by molar-refractivity contribution is 5.97. The molecule has 0 saturated carbocycles. The lowest BCUT2D eigenvalue weighted by Gasteiger charge is -2.39. The van der Waals surface area contributed by atoms with Crippen LogP contribution in [0.4, 0.5) is 11.6 Å². The summed E-state index contributed by atoms with van der Waals surface area (Å²) in [5.41, 5.74) is 4.00. The van der Waals surface area contributed by atoms with Crippen LogP contribution in [-0.4, -0.2) is 54.3 Å². The smallest absolute Gasteiger partial charge is 0.340 e. The second-order valence-corrected chi connectivity index (χ2v) is 11.2. The minimum atomic E-state index is -1.27. The molecule has 8 heteroatoms. The lowest BCUT2D eigenvalue weighted by atomic mass is 9.77. The van der Waals surface area contributed by atoms with E-state index in [4.69, 9.17) is 24.2 Å². The highest BCUT2D eigenvalue weighted by Crippen LogP contribution is 2.58. The normalized spacial score (nSPS) is 22.2. The van der Waals surface area contributed by atoms with Crippen LogP contribution < -0.4 is 14.5 Å². The standard InChI is InChI=1S/C34H34N4O4/c1-5-37(6-2)24-16-17-27-28(18-24)41-31-29(34(27)26-15-11-10-14-25(26)32(39)42-34)30(23-12-8-7-9-13-23)35-33(36-31)38-19-21(3)40-22(4)20-38/h7-18,21-22H,5-6,19-20H2,1-4H3. The molecule has 0 aliphatic carbocycles. The number of benzene rings is 3. The second kappa shape index (κ2) is 10.1. The molecule has 214 valence electrons. The predicted octanol–water partition coefficient (Wildman–Crippen LogP) is 6.17. The molecule has 0 amide bonds. The van der Waals surface area contributed by atoms with Gasteiger partial charge in [-0.25, -0.2) is 9.78 Å². The second-order valence-electron chi connectivity index (χ2n) is 11.2. The molecule has 1 fully saturated rings. The van der Waals surface area contributed by atoms with Crippen molar-refractivity contribution in [3.05, 3.63) is 95.1 Å². The molecule has 0 bridgehead atoms. The van der Waals surface area contributed by atoms with E-state index in [2.05, 4.69) is 43.6 Å². The summed E-state index contributed by atoms with van der Waals surface area (Å²) in [5.74, 6) is 1.19. The van der Waals surface area contributed by atoms with Crippen LogP contribution in [0.1, 0.15) is 54.7 Å². The Kier molecular flexibility index (Phi) is 6.39. The highest BCUT2D eigenvalue weighted by atomic mass is 16.6. The minimum Gasteiger partial charge on any atom is -0.440 e. The zero-order valence-electron chi connectivity index (χ0n) is 24.3. The van der Waals surface area contributed by atoms with E-state index in [1.165, 1.54) is 0 Å². The molecule has 4 aromatic rings. The number of carbonyl (C=O) groups excluding carboxylic acids is 1. The van der Waals surface area contributed by atoms with Gasteiger partial charge in [0, 0.05) is 54.6 Å². The van der Waals surface area contributed by atoms with E-state index in [1.807, 2.05) is 66.7 Å². The van der Waals surface area contributed by atoms with Gasteiger partial charge in [0.25, 0.3) is 0 Å². The first-order valence-electron chi connectivity index (χ1n) is 14.7. The topological polar surface area (TPSA) is 77.0 Å². The highest BCUT2D eigenvalue weighted by Gasteiger charge is 2.56. The van der Waals surface area contributed by atoms with Crippen molar-refractivity contribution in [2.75, 3.05) is 36.0 Å². The molecule has 3 aromatic carbocycles. The number of carbonyl (C=O) groups is 1. The number of anilines is 2. The van der Waals surface area contributed by atoms with Crippen LogP contribution in [0.5, 0.6) is 11.6 Å². The monoisotopic (exact) mass is 562 g/mol. The van der Waals surface area contributed by atoms with Gasteiger partial charge in [0.2, 0.25) is 11.8 Å². The molecule has 4 heterocycles. The molecular formula is C34H34N4O4. The summed E-state index contributed by atoms with van der Waals surface area (Å²) in [6.45, 7) is 11.4. The fourth-order valence-electron chi connectivity index (χ4n) is 6.62. The van der Waals surface area contributed by atoms with E-state index in [0.29, 0.717) is 47.5 Å². The molecule has 0 radical (unpaired) electrons. The zero-order valence-corrected chi connectivity index (χ0v) is 24.3. The van der Waals surface area contributed by atoms with Gasteiger partial charge in [-0.05, 0) is 45.9 Å². The summed E-state index contributed by atoms with van der Waals surface area (Å²) in [6.07, 6.45) is 0.0571. The van der Waals surface area contributed by atoms with Gasteiger partial charge in [0.05, 0.1) is 29.0 Å². The number of esters is 1. The van der Waals surface area contributed by atoms with Gasteiger partial charge in [0.1, 0.15) is 5.75 Å². The van der Waals surface area contributed by atoms with Gasteiger partial charge in [-0.15, -0.1) is 0 Å². The molecule has 8 nitrogen and oxygen atoms in total. The Labute approximate surface area is 245 Å². The van der Waals surface area contributed by atoms with Gasteiger partial charge < -0.3 is 24.0 Å². The maximum absolute atomic E-state index is 13.5. The van der Waals surface area contributed by atoms with E-state index in [0.717, 1.165) is 35.5 Å². The Morgan fingerprint density at radius 2 is 1.62 bits per heavy atom. The summed E-state index contributed by atoms with van der Waals surface area (Å²) in [7, 11) is 0. The van der Waals surface area contributed by atoms with Crippen LogP contribution in [0.2, 0.25) is 0 Å². The quantitative estimate of drug-likeness (QED) is 0.267. The Morgan fingerprint density at radius 1 is 0.905 bits per heavy atom. The molecule has 3 atom stereocenters. The van der Waals surface area contributed by atoms with Crippen LogP contribution in [0.25, 0.3) is 11.3 Å². The average molecular weight is 563 g/mol. The Morgan fingerprint density at radius 3 is 2.36 bits per heavy atom. The van der Waals surface area contributed by atoms with Gasteiger partial charge in [0.15, 0.2) is 5.60 Å². The van der Waals surface area contributed by atoms with Crippen molar-refractivity contribution < 1.29 is 19.0 Å². The van der Waals surface area contributed by atoms with Crippen molar-refractivity contribution in [1.29, 1.82) is 0 Å². The maximum Gasteiger partial charge on any atom is 0.340 e. The first-order chi connectivity index (χ1) is 20.4. The van der Waals surface area contributed by atoms with Crippen LogP contribution in [0.3, 0.4) is 0 Å². The first-order valence-corrected chi connectivity index (χ1v) is 14.7. The molecule has 3 aliphatic heterocycles. The van der Waals surface area contributed by atoms with Crippen LogP contribution in [0, 0.1) is 0 Å². The van der Waals surface area contributed by atoms with E-state index >= 15 is 0 Å². The van der Waals surface area contributed by atoms with Gasteiger partial charge in [-0.2, -0.15) is 4.98 Å². The van der Waals surface area contributed by atoms with E-state index in [1.54, 1.807) is 0 Å². The number of fused-ring (bicyclic) bond motifs is 6. The van der Waals surface area contributed by atoms with Crippen molar-refractivity contribution in [3.63, 3.8) is 0 Å². The summed E-state index contributed by atoms with van der Waals surface area (Å²) in [6, 6.07) is 23.7. The number of hydrogen-bond acceptors (Lipinski definition) is 8. The summed E-state index contributed by atoms with van der Waals surface area (Å²) in [5, 5.41) is 0. The molecule has 1 saturated heterocycles. The SMILES string of the molecule is CCN(CC)c1ccc2c(c1)Oc1nc(N3CC(C)OC(C)C3)nc(-c3ccccc3)c1C21OC(=O)c2ccccc21. The van der Waals surface area contributed by atoms with Crippen molar-refractivity contribution >= 4 is 17.6 Å². The number of rotatable bonds is 5. The van der Waals surface area contributed by atoms with E-state index in [9.17, 15) is 4.79 Å². The molecular weight excluding hydrogens is 528 g/mol. The van der Waals surface area contributed by atoms with Crippen LogP contribution >= 0.6 is 0 Å². The molecule has 42 heavy (non-hydrogen) atoms. The lowest BCUT2D eigenvalue weighted by Crippen LogP contribution is -2.46. The predicted molar refractivity (Wildman–Crippen MR) is 162 cm³/mol. The Bertz CT molecular complexity index is 1660. The van der Waals surface area contributed by atoms with Crippen LogP contribution in [-0.2, 0) is 15.1 Å². The summed E-state index contributed by atoms with van der Waals surface area (Å²) >= 11 is 0. The molecule has 3 aliphatic rings. The van der Waals surface area contributed by atoms with E-state index < -0.39 is 5.60 Å². The number of nitrogens with zero attached hydrogens (tertiary/aromatic N) is 4. The van der Waals surface area contributed by atoms with Crippen LogP contribution in [0.15, 0.2) is 72.8 Å². The number of hydrogen-bond donors (Lipinski definition) is 0. The molecule has 0 N–H and O–H groups in total. The number of aromatic nitrogens is 2. The first kappa shape index (κ1) is 26.5. The Hall–Kier alpha value is -4.43. The van der Waals surface area contributed by atoms with Crippen molar-refractivity contribution in [2.24, 2.45) is 0 Å². The largest absolute Gasteiger partial charge is 0.440 e. The fourth-order valence-corrected chi connectivity index (χ4v) is 6.62. The summed E-state index contributed by atoms with van der Waals surface area (Å²) < 4.78 is 19.2. The summed E-state index contributed by atoms with van der Waals surface area (Å²) in [4.78, 5) is 28.2. The third kappa shape index (κ3) is 4.04. The van der Waals surface area contributed by atoms with Crippen molar-refractivity contribution in [2.45, 2.75) is 45.5 Å². The molecule has 3 unspecified atom stereocenters. The average Bonchev–Trinajstić information content (AvgIpc) is 3.29. The molecule has 7 rings (SSSR count). The minimum absolute atomic E-state index is 0.0286. The third-order valence-electron chi connectivity index (χ3n) is 8.42. The van der Waals surface area contributed by atoms with Crippen molar-refractivity contribution in [3.8, 4) is 22.9 Å². The van der Waals surface area contributed by atoms with Gasteiger partial charge >= 0.3 is 5.97 Å². The van der Waals surface area contributed by atoms with Gasteiger partial charge in [-0.3, -0.25) is 0 Å². The molecule has 1 aromatic heterocycles. The van der Waals surface area contributed by atoms with Gasteiger partial charge in [-0.1, -0.05) is 48.5 Å². The lowest BCUT2D eigenvalue weighted by molar-refractivity contribution is -0.00583. The maximum atomic E-state index is 13.5. The third-order valence-corrected chi connectivity index (χ3v) is 8.42.